The van der Waals surface area contributed by atoms with Crippen LogP contribution in [0.5, 0.6) is 0 Å². The van der Waals surface area contributed by atoms with Gasteiger partial charge in [-0.25, -0.2) is 0 Å². The molecule has 3 nitrogen and oxygen atoms in total. The molecule has 1 aromatic heterocycles. The third-order valence-corrected chi connectivity index (χ3v) is 5.32. The van der Waals surface area contributed by atoms with Crippen LogP contribution in [0.2, 0.25) is 0 Å². The van der Waals surface area contributed by atoms with Crippen molar-refractivity contribution in [1.29, 1.82) is 0 Å². The molecule has 0 spiro atoms. The normalized spacial score (nSPS) is 22.0. The topological polar surface area (TPSA) is 38.9 Å². The molecule has 116 valence electrons. The number of nitrogens with zero attached hydrogens (tertiary/aromatic N) is 2. The molecule has 2 unspecified atom stereocenters. The first-order chi connectivity index (χ1) is 11.1. The molecule has 1 aliphatic carbocycles. The van der Waals surface area contributed by atoms with E-state index in [1.165, 1.54) is 5.56 Å². The number of hydrogen-bond donors (Lipinski definition) is 0. The predicted molar refractivity (Wildman–Crippen MR) is 93.1 cm³/mol. The maximum atomic E-state index is 5.58. The minimum atomic E-state index is 0.133. The van der Waals surface area contributed by atoms with Crippen LogP contribution in [-0.2, 0) is 0 Å². The van der Waals surface area contributed by atoms with E-state index in [1.54, 1.807) is 0 Å². The Morgan fingerprint density at radius 2 is 1.65 bits per heavy atom. The summed E-state index contributed by atoms with van der Waals surface area (Å²) >= 11 is 3.49. The van der Waals surface area contributed by atoms with Crippen molar-refractivity contribution in [3.05, 3.63) is 70.5 Å². The van der Waals surface area contributed by atoms with Gasteiger partial charge >= 0.3 is 0 Å². The summed E-state index contributed by atoms with van der Waals surface area (Å²) in [6.45, 7) is 4.52. The first-order valence-corrected chi connectivity index (χ1v) is 8.51. The lowest BCUT2D eigenvalue weighted by Gasteiger charge is -2.02. The molecule has 0 radical (unpaired) electrons. The summed E-state index contributed by atoms with van der Waals surface area (Å²) < 4.78 is 6.68. The van der Waals surface area contributed by atoms with E-state index in [0.29, 0.717) is 11.7 Å². The van der Waals surface area contributed by atoms with Crippen LogP contribution in [0, 0.1) is 5.41 Å². The van der Waals surface area contributed by atoms with E-state index in [1.807, 2.05) is 30.3 Å². The Balaban J connectivity index is 1.64. The van der Waals surface area contributed by atoms with Crippen LogP contribution in [0.4, 0.5) is 0 Å². The molecule has 2 atom stereocenters. The van der Waals surface area contributed by atoms with Crippen LogP contribution in [0.3, 0.4) is 0 Å². The van der Waals surface area contributed by atoms with Gasteiger partial charge in [0.15, 0.2) is 0 Å². The molecule has 4 rings (SSSR count). The molecule has 1 heterocycles. The summed E-state index contributed by atoms with van der Waals surface area (Å²) in [7, 11) is 0. The first-order valence-electron chi connectivity index (χ1n) is 7.72. The van der Waals surface area contributed by atoms with E-state index in [2.05, 4.69) is 64.2 Å². The SMILES string of the molecule is CC1(C)C(c2ccc(Br)cc2)C1c1nc(-c2ccccc2)no1. The second-order valence-electron chi connectivity index (χ2n) is 6.65. The fourth-order valence-electron chi connectivity index (χ4n) is 3.46. The lowest BCUT2D eigenvalue weighted by molar-refractivity contribution is 0.368. The van der Waals surface area contributed by atoms with Gasteiger partial charge in [0, 0.05) is 16.0 Å². The molecule has 3 aromatic rings. The van der Waals surface area contributed by atoms with Gasteiger partial charge in [0.05, 0.1) is 5.92 Å². The minimum Gasteiger partial charge on any atom is -0.339 e. The zero-order valence-electron chi connectivity index (χ0n) is 13.0. The minimum absolute atomic E-state index is 0.133. The van der Waals surface area contributed by atoms with Crippen molar-refractivity contribution < 1.29 is 4.52 Å². The van der Waals surface area contributed by atoms with E-state index < -0.39 is 0 Å². The van der Waals surface area contributed by atoms with Crippen molar-refractivity contribution in [2.75, 3.05) is 0 Å². The molecule has 1 saturated carbocycles. The van der Waals surface area contributed by atoms with E-state index in [0.717, 1.165) is 15.9 Å². The summed E-state index contributed by atoms with van der Waals surface area (Å²) in [5.41, 5.74) is 2.44. The number of rotatable bonds is 3. The number of hydrogen-bond acceptors (Lipinski definition) is 3. The zero-order chi connectivity index (χ0) is 16.0. The van der Waals surface area contributed by atoms with E-state index in [4.69, 9.17) is 4.52 Å². The van der Waals surface area contributed by atoms with E-state index >= 15 is 0 Å². The second kappa shape index (κ2) is 5.31. The van der Waals surface area contributed by atoms with Gasteiger partial charge in [0.25, 0.3) is 0 Å². The van der Waals surface area contributed by atoms with Crippen LogP contribution >= 0.6 is 15.9 Å². The first kappa shape index (κ1) is 14.6. The van der Waals surface area contributed by atoms with Crippen LogP contribution < -0.4 is 0 Å². The Labute approximate surface area is 143 Å². The van der Waals surface area contributed by atoms with Crippen LogP contribution in [0.25, 0.3) is 11.4 Å². The Morgan fingerprint density at radius 3 is 2.35 bits per heavy atom. The quantitative estimate of drug-likeness (QED) is 0.620. The Morgan fingerprint density at radius 1 is 0.957 bits per heavy atom. The fourth-order valence-corrected chi connectivity index (χ4v) is 3.72. The lowest BCUT2D eigenvalue weighted by Crippen LogP contribution is -1.90. The van der Waals surface area contributed by atoms with Gasteiger partial charge < -0.3 is 4.52 Å². The molecule has 0 saturated heterocycles. The predicted octanol–water partition coefficient (Wildman–Crippen LogP) is 5.41. The summed E-state index contributed by atoms with van der Waals surface area (Å²) in [5.74, 6) is 2.09. The molecular weight excluding hydrogens is 352 g/mol. The molecule has 0 N–H and O–H groups in total. The molecule has 1 fully saturated rings. The van der Waals surface area contributed by atoms with Gasteiger partial charge in [-0.15, -0.1) is 0 Å². The summed E-state index contributed by atoms with van der Waals surface area (Å²) in [5, 5.41) is 4.16. The summed E-state index contributed by atoms with van der Waals surface area (Å²) in [6.07, 6.45) is 0. The van der Waals surface area contributed by atoms with Crippen molar-refractivity contribution in [2.24, 2.45) is 5.41 Å². The highest BCUT2D eigenvalue weighted by Gasteiger charge is 2.61. The van der Waals surface area contributed by atoms with E-state index in [-0.39, 0.29) is 11.3 Å². The van der Waals surface area contributed by atoms with Crippen LogP contribution in [-0.4, -0.2) is 10.1 Å². The van der Waals surface area contributed by atoms with Crippen molar-refractivity contribution in [1.82, 2.24) is 10.1 Å². The van der Waals surface area contributed by atoms with Crippen LogP contribution in [0.1, 0.15) is 37.1 Å². The highest BCUT2D eigenvalue weighted by atomic mass is 79.9. The fraction of sp³-hybridized carbons (Fsp3) is 0.263. The lowest BCUT2D eigenvalue weighted by atomic mass is 10.0. The van der Waals surface area contributed by atoms with Crippen molar-refractivity contribution in [3.63, 3.8) is 0 Å². The number of aromatic nitrogens is 2. The average Bonchev–Trinajstić information content (AvgIpc) is 2.92. The zero-order valence-corrected chi connectivity index (χ0v) is 14.6. The Hall–Kier alpha value is -1.94. The molecule has 1 aliphatic rings. The molecule has 0 aliphatic heterocycles. The average molecular weight is 369 g/mol. The van der Waals surface area contributed by atoms with Gasteiger partial charge in [-0.05, 0) is 23.1 Å². The summed E-state index contributed by atoms with van der Waals surface area (Å²) in [6, 6.07) is 18.5. The number of halogens is 1. The van der Waals surface area contributed by atoms with Crippen molar-refractivity contribution in [2.45, 2.75) is 25.7 Å². The third kappa shape index (κ3) is 2.51. The standard InChI is InChI=1S/C19H17BrN2O/c1-19(2)15(12-8-10-14(20)11-9-12)16(19)18-21-17(22-23-18)13-6-4-3-5-7-13/h3-11,15-16H,1-2H3. The third-order valence-electron chi connectivity index (χ3n) is 4.80. The maximum absolute atomic E-state index is 5.58. The Kier molecular flexibility index (Phi) is 3.38. The van der Waals surface area contributed by atoms with Crippen molar-refractivity contribution >= 4 is 15.9 Å². The Bertz CT molecular complexity index is 824. The van der Waals surface area contributed by atoms with Gasteiger partial charge in [-0.1, -0.05) is 77.4 Å². The second-order valence-corrected chi connectivity index (χ2v) is 7.57. The molecule has 4 heteroatoms. The van der Waals surface area contributed by atoms with Gasteiger partial charge in [-0.3, -0.25) is 0 Å². The van der Waals surface area contributed by atoms with Crippen molar-refractivity contribution in [3.8, 4) is 11.4 Å². The molecule has 23 heavy (non-hydrogen) atoms. The molecule has 2 aromatic carbocycles. The number of benzene rings is 2. The highest BCUT2D eigenvalue weighted by molar-refractivity contribution is 9.10. The summed E-state index contributed by atoms with van der Waals surface area (Å²) in [4.78, 5) is 4.64. The monoisotopic (exact) mass is 368 g/mol. The largest absolute Gasteiger partial charge is 0.339 e. The van der Waals surface area contributed by atoms with E-state index in [9.17, 15) is 0 Å². The molecule has 0 amide bonds. The smallest absolute Gasteiger partial charge is 0.231 e. The maximum Gasteiger partial charge on any atom is 0.231 e. The van der Waals surface area contributed by atoms with Crippen LogP contribution in [0.15, 0.2) is 63.6 Å². The highest BCUT2D eigenvalue weighted by Crippen LogP contribution is 2.69. The molecular formula is C19H17BrN2O. The molecule has 0 bridgehead atoms. The van der Waals surface area contributed by atoms with Gasteiger partial charge in [0.1, 0.15) is 0 Å². The van der Waals surface area contributed by atoms with Gasteiger partial charge in [-0.2, -0.15) is 4.98 Å². The van der Waals surface area contributed by atoms with Gasteiger partial charge in [0.2, 0.25) is 11.7 Å².